The maximum Gasteiger partial charge on any atom is 0.341 e. The van der Waals surface area contributed by atoms with Crippen molar-refractivity contribution < 1.29 is 31.9 Å². The second kappa shape index (κ2) is 11.2. The summed E-state index contributed by atoms with van der Waals surface area (Å²) in [5, 5.41) is 2.81. The third-order valence-corrected chi connectivity index (χ3v) is 9.42. The molecule has 0 aliphatic heterocycles. The smallest absolute Gasteiger partial charge is 0.341 e. The molecule has 0 saturated heterocycles. The number of nitrogens with one attached hydrogen (secondary N) is 1. The average Bonchev–Trinajstić information content (AvgIpc) is 3.34. The van der Waals surface area contributed by atoms with Gasteiger partial charge in [-0.15, -0.1) is 11.3 Å². The van der Waals surface area contributed by atoms with Crippen LogP contribution in [0, 0.1) is 5.82 Å². The van der Waals surface area contributed by atoms with E-state index in [0.717, 1.165) is 41.0 Å². The number of anilines is 1. The zero-order chi connectivity index (χ0) is 26.7. The van der Waals surface area contributed by atoms with Crippen molar-refractivity contribution in [2.45, 2.75) is 46.1 Å². The number of fused-ring (bicyclic) bond motifs is 2. The predicted molar refractivity (Wildman–Crippen MR) is 140 cm³/mol. The summed E-state index contributed by atoms with van der Waals surface area (Å²) >= 11 is 2.32. The third kappa shape index (κ3) is 6.16. The van der Waals surface area contributed by atoms with Crippen LogP contribution < -0.4 is 10.1 Å². The Morgan fingerprint density at radius 1 is 1.14 bits per heavy atom. The van der Waals surface area contributed by atoms with Gasteiger partial charge in [-0.25, -0.2) is 17.6 Å². The van der Waals surface area contributed by atoms with Crippen molar-refractivity contribution in [2.24, 2.45) is 4.99 Å². The monoisotopic (exact) mass is 567 g/mol. The van der Waals surface area contributed by atoms with E-state index >= 15 is 0 Å². The molecule has 13 heteroatoms. The van der Waals surface area contributed by atoms with Gasteiger partial charge in [0.15, 0.2) is 14.6 Å². The first-order valence-electron chi connectivity index (χ1n) is 11.8. The molecule has 4 rings (SSSR count). The Labute approximate surface area is 220 Å². The topological polar surface area (TPSA) is 124 Å². The summed E-state index contributed by atoms with van der Waals surface area (Å²) in [7, 11) is -4.15. The van der Waals surface area contributed by atoms with Crippen molar-refractivity contribution >= 4 is 65.5 Å². The minimum atomic E-state index is -4.15. The van der Waals surface area contributed by atoms with Gasteiger partial charge in [0.25, 0.3) is 5.91 Å². The molecule has 1 aliphatic carbocycles. The molecule has 0 radical (unpaired) electrons. The number of aromatic nitrogens is 1. The lowest BCUT2D eigenvalue weighted by atomic mass is 9.95. The predicted octanol–water partition coefficient (Wildman–Crippen LogP) is 3.46. The highest BCUT2D eigenvalue weighted by Crippen LogP contribution is 2.38. The molecular weight excluding hydrogens is 541 g/mol. The standard InChI is InChI=1S/C24H26FN3O6S3/c1-3-28-16-10-9-14(25)11-18(16)36-24(28)27-20(30)13-37(32,33)12-19(29)26-22-21(23(31)34-4-2)15-7-5-6-8-17(15)35-22/h9-11H,3-8,12-13H2,1-2H3,(H,26,29). The first-order chi connectivity index (χ1) is 17.6. The molecule has 0 bridgehead atoms. The molecule has 2 heterocycles. The number of halogens is 1. The van der Waals surface area contributed by atoms with E-state index in [0.29, 0.717) is 23.2 Å². The highest BCUT2D eigenvalue weighted by atomic mass is 32.2. The van der Waals surface area contributed by atoms with E-state index in [1.54, 1.807) is 17.6 Å². The summed E-state index contributed by atoms with van der Waals surface area (Å²) in [5.74, 6) is -4.66. The van der Waals surface area contributed by atoms with Crippen LogP contribution in [0.5, 0.6) is 0 Å². The van der Waals surface area contributed by atoms with Crippen LogP contribution in [0.25, 0.3) is 10.2 Å². The molecule has 3 aromatic rings. The highest BCUT2D eigenvalue weighted by Gasteiger charge is 2.28. The lowest BCUT2D eigenvalue weighted by Crippen LogP contribution is -2.28. The molecule has 0 saturated carbocycles. The number of amides is 2. The summed E-state index contributed by atoms with van der Waals surface area (Å²) in [5.41, 5.74) is 1.80. The van der Waals surface area contributed by atoms with Crippen molar-refractivity contribution in [3.8, 4) is 0 Å². The maximum absolute atomic E-state index is 13.6. The van der Waals surface area contributed by atoms with Crippen LogP contribution in [-0.4, -0.2) is 48.9 Å². The van der Waals surface area contributed by atoms with E-state index in [-0.39, 0.29) is 22.0 Å². The maximum atomic E-state index is 13.6. The number of aryl methyl sites for hydroxylation is 2. The number of carbonyl (C=O) groups excluding carboxylic acids is 3. The Morgan fingerprint density at radius 3 is 2.62 bits per heavy atom. The fourth-order valence-electron chi connectivity index (χ4n) is 4.25. The number of hydrogen-bond acceptors (Lipinski definition) is 8. The van der Waals surface area contributed by atoms with E-state index in [1.807, 2.05) is 6.92 Å². The molecule has 0 spiro atoms. The van der Waals surface area contributed by atoms with E-state index in [2.05, 4.69) is 10.3 Å². The van der Waals surface area contributed by atoms with Crippen LogP contribution in [0.3, 0.4) is 0 Å². The van der Waals surface area contributed by atoms with Gasteiger partial charge in [-0.05, 0) is 63.3 Å². The number of hydrogen-bond donors (Lipinski definition) is 1. The number of thiazole rings is 1. The molecule has 0 atom stereocenters. The van der Waals surface area contributed by atoms with Gasteiger partial charge in [-0.2, -0.15) is 4.99 Å². The van der Waals surface area contributed by atoms with Crippen LogP contribution in [0.1, 0.15) is 47.5 Å². The van der Waals surface area contributed by atoms with Crippen molar-refractivity contribution in [3.63, 3.8) is 0 Å². The fourth-order valence-corrected chi connectivity index (χ4v) is 7.70. The van der Waals surface area contributed by atoms with Gasteiger partial charge >= 0.3 is 5.97 Å². The molecule has 1 aromatic carbocycles. The summed E-state index contributed by atoms with van der Waals surface area (Å²) in [6.45, 7) is 4.12. The quantitative estimate of drug-likeness (QED) is 0.416. The van der Waals surface area contributed by atoms with Crippen LogP contribution in [0.2, 0.25) is 0 Å². The normalized spacial score (nSPS) is 14.0. The average molecular weight is 568 g/mol. The van der Waals surface area contributed by atoms with Crippen LogP contribution in [0.4, 0.5) is 9.39 Å². The Bertz CT molecular complexity index is 1550. The van der Waals surface area contributed by atoms with E-state index < -0.39 is 44.9 Å². The lowest BCUT2D eigenvalue weighted by molar-refractivity contribution is -0.115. The van der Waals surface area contributed by atoms with Gasteiger partial charge in [0.2, 0.25) is 5.91 Å². The SMILES string of the molecule is CCOC(=O)c1c(NC(=O)CS(=O)(=O)CC(=O)N=c2sc3cc(F)ccc3n2CC)sc2c1CCCC2. The number of rotatable bonds is 8. The number of thiophene rings is 1. The first kappa shape index (κ1) is 27.1. The third-order valence-electron chi connectivity index (χ3n) is 5.78. The number of sulfone groups is 1. The summed E-state index contributed by atoms with van der Waals surface area (Å²) in [6, 6.07) is 4.19. The molecule has 2 aromatic heterocycles. The van der Waals surface area contributed by atoms with Gasteiger partial charge in [0, 0.05) is 11.4 Å². The summed E-state index contributed by atoms with van der Waals surface area (Å²) in [4.78, 5) is 42.9. The Kier molecular flexibility index (Phi) is 8.24. The molecule has 9 nitrogen and oxygen atoms in total. The number of nitrogens with zero attached hydrogens (tertiary/aromatic N) is 2. The van der Waals surface area contributed by atoms with Gasteiger partial charge in [0.1, 0.15) is 22.3 Å². The minimum Gasteiger partial charge on any atom is -0.462 e. The zero-order valence-electron chi connectivity index (χ0n) is 20.3. The van der Waals surface area contributed by atoms with Crippen LogP contribution >= 0.6 is 22.7 Å². The molecule has 1 N–H and O–H groups in total. The van der Waals surface area contributed by atoms with E-state index in [4.69, 9.17) is 4.74 Å². The minimum absolute atomic E-state index is 0.170. The van der Waals surface area contributed by atoms with E-state index in [1.165, 1.54) is 23.5 Å². The van der Waals surface area contributed by atoms with E-state index in [9.17, 15) is 27.2 Å². The van der Waals surface area contributed by atoms with Crippen molar-refractivity contribution in [1.82, 2.24) is 4.57 Å². The molecule has 0 unspecified atom stereocenters. The van der Waals surface area contributed by atoms with Gasteiger partial charge in [-0.3, -0.25) is 9.59 Å². The Balaban J connectivity index is 1.50. The van der Waals surface area contributed by atoms with Gasteiger partial charge in [0.05, 0.1) is 22.4 Å². The Morgan fingerprint density at radius 2 is 1.89 bits per heavy atom. The van der Waals surface area contributed by atoms with Crippen LogP contribution in [-0.2, 0) is 43.5 Å². The summed E-state index contributed by atoms with van der Waals surface area (Å²) in [6.07, 6.45) is 3.34. The first-order valence-corrected chi connectivity index (χ1v) is 15.3. The molecule has 1 aliphatic rings. The second-order valence-corrected chi connectivity index (χ2v) is 12.6. The fraction of sp³-hybridized carbons (Fsp3) is 0.417. The highest BCUT2D eigenvalue weighted by molar-refractivity contribution is 7.92. The number of carbonyl (C=O) groups is 3. The number of benzene rings is 1. The second-order valence-electron chi connectivity index (χ2n) is 8.46. The Hall–Kier alpha value is -2.90. The molecular formula is C24H26FN3O6S3. The molecule has 37 heavy (non-hydrogen) atoms. The van der Waals surface area contributed by atoms with Crippen LogP contribution in [0.15, 0.2) is 23.2 Å². The molecule has 198 valence electrons. The number of esters is 1. The van der Waals surface area contributed by atoms with Crippen molar-refractivity contribution in [2.75, 3.05) is 23.4 Å². The molecule has 2 amide bonds. The van der Waals surface area contributed by atoms with Crippen molar-refractivity contribution in [1.29, 1.82) is 0 Å². The van der Waals surface area contributed by atoms with Gasteiger partial charge in [-0.1, -0.05) is 11.3 Å². The summed E-state index contributed by atoms with van der Waals surface area (Å²) < 4.78 is 46.3. The number of ether oxygens (including phenoxy) is 1. The van der Waals surface area contributed by atoms with Crippen molar-refractivity contribution in [3.05, 3.63) is 44.8 Å². The zero-order valence-corrected chi connectivity index (χ0v) is 22.8. The van der Waals surface area contributed by atoms with Gasteiger partial charge < -0.3 is 14.6 Å². The lowest BCUT2D eigenvalue weighted by Gasteiger charge is -2.12. The largest absolute Gasteiger partial charge is 0.462 e. The molecule has 0 fully saturated rings.